The molecular formula is C20H30O5. The van der Waals surface area contributed by atoms with Crippen LogP contribution in [-0.4, -0.2) is 45.7 Å². The Labute approximate surface area is 148 Å². The van der Waals surface area contributed by atoms with Crippen LogP contribution in [0.5, 0.6) is 0 Å². The van der Waals surface area contributed by atoms with Crippen molar-refractivity contribution >= 4 is 5.97 Å². The van der Waals surface area contributed by atoms with Crippen LogP contribution in [0, 0.1) is 34.0 Å². The Morgan fingerprint density at radius 3 is 2.64 bits per heavy atom. The van der Waals surface area contributed by atoms with Gasteiger partial charge in [0.15, 0.2) is 0 Å². The second-order valence-corrected chi connectivity index (χ2v) is 10.2. The van der Waals surface area contributed by atoms with Crippen molar-refractivity contribution in [2.75, 3.05) is 6.61 Å². The Morgan fingerprint density at radius 2 is 2.00 bits per heavy atom. The lowest BCUT2D eigenvalue weighted by Crippen LogP contribution is -2.67. The molecule has 6 rings (SSSR count). The number of fused-ring (bicyclic) bond motifs is 1. The number of ether oxygens (including phenoxy) is 1. The molecule has 6 fully saturated rings. The summed E-state index contributed by atoms with van der Waals surface area (Å²) in [6, 6.07) is 0. The van der Waals surface area contributed by atoms with Crippen LogP contribution in [0.2, 0.25) is 0 Å². The zero-order chi connectivity index (χ0) is 17.8. The summed E-state index contributed by atoms with van der Waals surface area (Å²) in [7, 11) is 0. The highest BCUT2D eigenvalue weighted by atomic mass is 16.5. The van der Waals surface area contributed by atoms with E-state index in [0.29, 0.717) is 0 Å². The monoisotopic (exact) mass is 350 g/mol. The van der Waals surface area contributed by atoms with E-state index in [2.05, 4.69) is 6.92 Å². The molecule has 2 heterocycles. The summed E-state index contributed by atoms with van der Waals surface area (Å²) in [5, 5.41) is 31.3. The number of rotatable bonds is 2. The van der Waals surface area contributed by atoms with E-state index in [1.54, 1.807) is 0 Å². The minimum Gasteiger partial charge on any atom is -0.481 e. The van der Waals surface area contributed by atoms with Crippen LogP contribution in [-0.2, 0) is 9.53 Å². The smallest absolute Gasteiger partial charge is 0.309 e. The van der Waals surface area contributed by atoms with Gasteiger partial charge in [-0.3, -0.25) is 4.79 Å². The predicted octanol–water partition coefficient (Wildman–Crippen LogP) is 2.19. The molecule has 4 bridgehead atoms. The molecule has 0 aromatic heterocycles. The molecule has 0 radical (unpaired) electrons. The molecule has 1 spiro atoms. The van der Waals surface area contributed by atoms with Crippen molar-refractivity contribution in [1.29, 1.82) is 0 Å². The number of hydrogen-bond donors (Lipinski definition) is 3. The summed E-state index contributed by atoms with van der Waals surface area (Å²) >= 11 is 0. The summed E-state index contributed by atoms with van der Waals surface area (Å²) in [6.07, 6.45) is 5.74. The largest absolute Gasteiger partial charge is 0.481 e. The Bertz CT molecular complexity index is 636. The summed E-state index contributed by atoms with van der Waals surface area (Å²) < 4.78 is 6.36. The van der Waals surface area contributed by atoms with Gasteiger partial charge in [-0.2, -0.15) is 0 Å². The van der Waals surface area contributed by atoms with Crippen LogP contribution in [0.25, 0.3) is 0 Å². The number of aliphatic carboxylic acids is 1. The fourth-order valence-electron chi connectivity index (χ4n) is 8.71. The average molecular weight is 350 g/mol. The molecule has 0 amide bonds. The van der Waals surface area contributed by atoms with Gasteiger partial charge in [-0.25, -0.2) is 0 Å². The van der Waals surface area contributed by atoms with Gasteiger partial charge in [-0.05, 0) is 68.6 Å². The Kier molecular flexibility index (Phi) is 3.04. The zero-order valence-electron chi connectivity index (χ0n) is 15.2. The Balaban J connectivity index is 1.61. The second-order valence-electron chi connectivity index (χ2n) is 10.2. The molecule has 5 heteroatoms. The molecule has 25 heavy (non-hydrogen) atoms. The van der Waals surface area contributed by atoms with E-state index in [4.69, 9.17) is 4.74 Å². The number of carboxylic acid groups (broad SMARTS) is 1. The highest BCUT2D eigenvalue weighted by Gasteiger charge is 2.79. The molecule has 0 aromatic carbocycles. The maximum absolute atomic E-state index is 12.1. The molecule has 140 valence electrons. The molecule has 5 nitrogen and oxygen atoms in total. The third-order valence-electron chi connectivity index (χ3n) is 9.53. The van der Waals surface area contributed by atoms with Gasteiger partial charge in [0.2, 0.25) is 0 Å². The highest BCUT2D eigenvalue weighted by molar-refractivity contribution is 5.75. The molecule has 0 aromatic rings. The lowest BCUT2D eigenvalue weighted by molar-refractivity contribution is -0.280. The van der Waals surface area contributed by atoms with Gasteiger partial charge in [0, 0.05) is 5.41 Å². The van der Waals surface area contributed by atoms with Crippen LogP contribution in [0.3, 0.4) is 0 Å². The van der Waals surface area contributed by atoms with Crippen LogP contribution in [0.4, 0.5) is 0 Å². The first-order valence-electron chi connectivity index (χ1n) is 9.95. The normalized spacial score (nSPS) is 61.8. The van der Waals surface area contributed by atoms with Crippen molar-refractivity contribution in [2.45, 2.75) is 76.6 Å². The molecule has 2 aliphatic heterocycles. The van der Waals surface area contributed by atoms with Gasteiger partial charge in [0.1, 0.15) is 5.60 Å². The predicted molar refractivity (Wildman–Crippen MR) is 89.8 cm³/mol. The lowest BCUT2D eigenvalue weighted by atomic mass is 9.40. The first-order valence-corrected chi connectivity index (χ1v) is 9.95. The summed E-state index contributed by atoms with van der Waals surface area (Å²) in [6.45, 7) is 4.11. The van der Waals surface area contributed by atoms with E-state index in [9.17, 15) is 20.1 Å². The van der Waals surface area contributed by atoms with Crippen molar-refractivity contribution in [3.63, 3.8) is 0 Å². The molecular weight excluding hydrogens is 320 g/mol. The van der Waals surface area contributed by atoms with Gasteiger partial charge >= 0.3 is 5.97 Å². The van der Waals surface area contributed by atoms with Gasteiger partial charge < -0.3 is 20.1 Å². The number of carboxylic acids is 1. The number of carbonyl (C=O) groups is 1. The van der Waals surface area contributed by atoms with Gasteiger partial charge in [-0.15, -0.1) is 0 Å². The zero-order valence-corrected chi connectivity index (χ0v) is 15.2. The number of aliphatic hydroxyl groups excluding tert-OH is 2. The molecule has 2 saturated heterocycles. The van der Waals surface area contributed by atoms with Crippen LogP contribution >= 0.6 is 0 Å². The van der Waals surface area contributed by atoms with Crippen molar-refractivity contribution < 1.29 is 24.9 Å². The van der Waals surface area contributed by atoms with Crippen LogP contribution in [0.1, 0.15) is 58.8 Å². The minimum absolute atomic E-state index is 0.0678. The van der Waals surface area contributed by atoms with E-state index >= 15 is 0 Å². The van der Waals surface area contributed by atoms with Crippen LogP contribution < -0.4 is 0 Å². The van der Waals surface area contributed by atoms with Crippen LogP contribution in [0.15, 0.2) is 0 Å². The van der Waals surface area contributed by atoms with Gasteiger partial charge in [0.05, 0.1) is 24.2 Å². The molecule has 3 N–H and O–H groups in total. The quantitative estimate of drug-likeness (QED) is 0.711. The first kappa shape index (κ1) is 16.5. The molecule has 9 atom stereocenters. The van der Waals surface area contributed by atoms with E-state index in [-0.39, 0.29) is 41.3 Å². The lowest BCUT2D eigenvalue weighted by Gasteiger charge is -2.66. The van der Waals surface area contributed by atoms with E-state index in [1.165, 1.54) is 0 Å². The molecule has 6 aliphatic rings. The SMILES string of the molecule is CC1(C(=O)O)CCCC2(C)C1CCC13CC4CC(OC4(CO)C1O)C23. The summed E-state index contributed by atoms with van der Waals surface area (Å²) in [5.74, 6) is -0.0623. The average Bonchev–Trinajstić information content (AvgIpc) is 2.93. The van der Waals surface area contributed by atoms with Gasteiger partial charge in [-0.1, -0.05) is 13.3 Å². The third-order valence-corrected chi connectivity index (χ3v) is 9.53. The van der Waals surface area contributed by atoms with Crippen molar-refractivity contribution in [3.05, 3.63) is 0 Å². The first-order chi connectivity index (χ1) is 11.7. The summed E-state index contributed by atoms with van der Waals surface area (Å²) in [4.78, 5) is 12.1. The minimum atomic E-state index is -0.755. The molecule has 4 aliphatic carbocycles. The highest BCUT2D eigenvalue weighted by Crippen LogP contribution is 2.76. The van der Waals surface area contributed by atoms with E-state index in [1.807, 2.05) is 6.92 Å². The van der Waals surface area contributed by atoms with E-state index < -0.39 is 23.1 Å². The van der Waals surface area contributed by atoms with Crippen molar-refractivity contribution in [3.8, 4) is 0 Å². The third kappa shape index (κ3) is 1.57. The Hall–Kier alpha value is -0.650. The van der Waals surface area contributed by atoms with Crippen molar-refractivity contribution in [1.82, 2.24) is 0 Å². The van der Waals surface area contributed by atoms with E-state index in [0.717, 1.165) is 44.9 Å². The maximum atomic E-state index is 12.1. The standard InChI is InChI=1S/C20H30O5/c1-17-5-3-6-18(2,16(23)24)13(17)4-7-19-9-11-8-12(14(17)19)25-20(11,10-21)15(19)22/h11-15,21-22H,3-10H2,1-2H3,(H,23,24). The Morgan fingerprint density at radius 1 is 1.24 bits per heavy atom. The fraction of sp³-hybridized carbons (Fsp3) is 0.950. The van der Waals surface area contributed by atoms with Crippen molar-refractivity contribution in [2.24, 2.45) is 34.0 Å². The molecule has 4 saturated carbocycles. The number of aliphatic hydroxyl groups is 2. The van der Waals surface area contributed by atoms with Gasteiger partial charge in [0.25, 0.3) is 0 Å². The number of hydrogen-bond acceptors (Lipinski definition) is 4. The molecule has 9 unspecified atom stereocenters. The maximum Gasteiger partial charge on any atom is 0.309 e. The summed E-state index contributed by atoms with van der Waals surface area (Å²) in [5.41, 5.74) is -1.72. The fourth-order valence-corrected chi connectivity index (χ4v) is 8.71. The second kappa shape index (κ2) is 4.60. The topological polar surface area (TPSA) is 87.0 Å².